The first-order chi connectivity index (χ1) is 9.72. The highest BCUT2D eigenvalue weighted by molar-refractivity contribution is 7.10. The van der Waals surface area contributed by atoms with Gasteiger partial charge in [-0.05, 0) is 42.7 Å². The Morgan fingerprint density at radius 3 is 2.85 bits per heavy atom. The topological polar surface area (TPSA) is 37.8 Å². The molecule has 1 N–H and O–H groups in total. The number of thiophene rings is 1. The molecular weight excluding hydrogens is 266 g/mol. The van der Waals surface area contributed by atoms with Gasteiger partial charge < -0.3 is 5.32 Å². The standard InChI is InChI=1S/C16H21N3S/c1-11(2)10-13(14-4-3-9-20-14)18-15-7-8-17-16(19-15)12-5-6-12/h3-4,7-9,11-13H,5-6,10H2,1-2H3,(H,17,18,19). The fourth-order valence-electron chi connectivity index (χ4n) is 2.38. The van der Waals surface area contributed by atoms with Crippen LogP contribution in [0.15, 0.2) is 29.8 Å². The summed E-state index contributed by atoms with van der Waals surface area (Å²) in [5.41, 5.74) is 0. The van der Waals surface area contributed by atoms with E-state index in [2.05, 4.69) is 46.6 Å². The molecular formula is C16H21N3S. The van der Waals surface area contributed by atoms with Crippen LogP contribution in [0.3, 0.4) is 0 Å². The second kappa shape index (κ2) is 5.92. The van der Waals surface area contributed by atoms with Crippen molar-refractivity contribution in [2.75, 3.05) is 5.32 Å². The summed E-state index contributed by atoms with van der Waals surface area (Å²) in [6.07, 6.45) is 5.47. The van der Waals surface area contributed by atoms with Gasteiger partial charge in [-0.3, -0.25) is 0 Å². The Bertz CT molecular complexity index is 547. The molecule has 2 aromatic heterocycles. The number of hydrogen-bond donors (Lipinski definition) is 1. The van der Waals surface area contributed by atoms with Crippen LogP contribution in [0, 0.1) is 5.92 Å². The van der Waals surface area contributed by atoms with Gasteiger partial charge in [0.25, 0.3) is 0 Å². The van der Waals surface area contributed by atoms with E-state index in [0.717, 1.165) is 18.1 Å². The average molecular weight is 287 g/mol. The Labute approximate surface area is 124 Å². The Morgan fingerprint density at radius 1 is 1.35 bits per heavy atom. The summed E-state index contributed by atoms with van der Waals surface area (Å²) in [5.74, 6) is 3.21. The summed E-state index contributed by atoms with van der Waals surface area (Å²) >= 11 is 1.81. The third kappa shape index (κ3) is 3.37. The highest BCUT2D eigenvalue weighted by atomic mass is 32.1. The highest BCUT2D eigenvalue weighted by Gasteiger charge is 2.26. The number of aromatic nitrogens is 2. The number of anilines is 1. The summed E-state index contributed by atoms with van der Waals surface area (Å²) in [7, 11) is 0. The maximum Gasteiger partial charge on any atom is 0.133 e. The van der Waals surface area contributed by atoms with Crippen LogP contribution < -0.4 is 5.32 Å². The van der Waals surface area contributed by atoms with Crippen LogP contribution in [-0.4, -0.2) is 9.97 Å². The van der Waals surface area contributed by atoms with Crippen molar-refractivity contribution in [3.05, 3.63) is 40.5 Å². The van der Waals surface area contributed by atoms with Crippen molar-refractivity contribution >= 4 is 17.2 Å². The second-order valence-corrected chi connectivity index (χ2v) is 6.90. The van der Waals surface area contributed by atoms with Crippen LogP contribution in [0.1, 0.15) is 55.8 Å². The van der Waals surface area contributed by atoms with Gasteiger partial charge in [0.1, 0.15) is 11.6 Å². The molecule has 0 bridgehead atoms. The SMILES string of the molecule is CC(C)CC(Nc1ccnc(C2CC2)n1)c1cccs1. The normalized spacial score (nSPS) is 16.4. The van der Waals surface area contributed by atoms with Crippen LogP contribution >= 0.6 is 11.3 Å². The number of nitrogens with one attached hydrogen (secondary N) is 1. The minimum atomic E-state index is 0.344. The van der Waals surface area contributed by atoms with E-state index >= 15 is 0 Å². The molecule has 0 aliphatic heterocycles. The van der Waals surface area contributed by atoms with Gasteiger partial charge in [0, 0.05) is 17.0 Å². The van der Waals surface area contributed by atoms with Crippen LogP contribution in [-0.2, 0) is 0 Å². The van der Waals surface area contributed by atoms with Gasteiger partial charge in [-0.1, -0.05) is 19.9 Å². The Balaban J connectivity index is 1.76. The zero-order valence-electron chi connectivity index (χ0n) is 12.0. The van der Waals surface area contributed by atoms with E-state index < -0.39 is 0 Å². The number of rotatable bonds is 6. The van der Waals surface area contributed by atoms with Crippen molar-refractivity contribution in [2.24, 2.45) is 5.92 Å². The van der Waals surface area contributed by atoms with Gasteiger partial charge in [0.05, 0.1) is 6.04 Å². The quantitative estimate of drug-likeness (QED) is 0.842. The van der Waals surface area contributed by atoms with E-state index in [1.165, 1.54) is 17.7 Å². The van der Waals surface area contributed by atoms with E-state index in [9.17, 15) is 0 Å². The molecule has 0 saturated heterocycles. The van der Waals surface area contributed by atoms with Crippen molar-refractivity contribution in [2.45, 2.75) is 45.1 Å². The average Bonchev–Trinajstić information content (AvgIpc) is 3.13. The van der Waals surface area contributed by atoms with E-state index in [1.54, 1.807) is 0 Å². The minimum Gasteiger partial charge on any atom is -0.362 e. The zero-order chi connectivity index (χ0) is 13.9. The Morgan fingerprint density at radius 2 is 2.20 bits per heavy atom. The molecule has 2 heterocycles. The molecule has 0 amide bonds. The number of nitrogens with zero attached hydrogens (tertiary/aromatic N) is 2. The van der Waals surface area contributed by atoms with Gasteiger partial charge in [-0.25, -0.2) is 9.97 Å². The molecule has 1 aliphatic rings. The third-order valence-electron chi connectivity index (χ3n) is 3.53. The first-order valence-electron chi connectivity index (χ1n) is 7.35. The molecule has 20 heavy (non-hydrogen) atoms. The van der Waals surface area contributed by atoms with Crippen molar-refractivity contribution < 1.29 is 0 Å². The molecule has 0 radical (unpaired) electrons. The summed E-state index contributed by atoms with van der Waals surface area (Å²) < 4.78 is 0. The van der Waals surface area contributed by atoms with Crippen molar-refractivity contribution in [1.82, 2.24) is 9.97 Å². The fourth-order valence-corrected chi connectivity index (χ4v) is 3.17. The van der Waals surface area contributed by atoms with E-state index in [0.29, 0.717) is 17.9 Å². The van der Waals surface area contributed by atoms with Crippen molar-refractivity contribution in [3.63, 3.8) is 0 Å². The van der Waals surface area contributed by atoms with Gasteiger partial charge in [-0.2, -0.15) is 0 Å². The molecule has 1 aliphatic carbocycles. The molecule has 1 fully saturated rings. The van der Waals surface area contributed by atoms with Crippen LogP contribution in [0.4, 0.5) is 5.82 Å². The lowest BCUT2D eigenvalue weighted by atomic mass is 10.0. The summed E-state index contributed by atoms with van der Waals surface area (Å²) in [6, 6.07) is 6.64. The van der Waals surface area contributed by atoms with Crippen molar-refractivity contribution in [3.8, 4) is 0 Å². The molecule has 0 spiro atoms. The van der Waals surface area contributed by atoms with E-state index in [1.807, 2.05) is 23.6 Å². The summed E-state index contributed by atoms with van der Waals surface area (Å²) in [4.78, 5) is 10.4. The maximum absolute atomic E-state index is 4.67. The minimum absolute atomic E-state index is 0.344. The van der Waals surface area contributed by atoms with Crippen LogP contribution in [0.5, 0.6) is 0 Å². The molecule has 1 unspecified atom stereocenters. The monoisotopic (exact) mass is 287 g/mol. The molecule has 3 rings (SSSR count). The van der Waals surface area contributed by atoms with Crippen molar-refractivity contribution in [1.29, 1.82) is 0 Å². The molecule has 1 atom stereocenters. The Kier molecular flexibility index (Phi) is 4.01. The lowest BCUT2D eigenvalue weighted by Crippen LogP contribution is -2.13. The van der Waals surface area contributed by atoms with E-state index in [-0.39, 0.29) is 0 Å². The first-order valence-corrected chi connectivity index (χ1v) is 8.23. The maximum atomic E-state index is 4.67. The molecule has 3 nitrogen and oxygen atoms in total. The molecule has 106 valence electrons. The molecule has 0 aromatic carbocycles. The predicted molar refractivity (Wildman–Crippen MR) is 84.1 cm³/mol. The van der Waals surface area contributed by atoms with Gasteiger partial charge in [-0.15, -0.1) is 11.3 Å². The third-order valence-corrected chi connectivity index (χ3v) is 4.52. The summed E-state index contributed by atoms with van der Waals surface area (Å²) in [6.45, 7) is 4.52. The molecule has 1 saturated carbocycles. The predicted octanol–water partition coefficient (Wildman–Crippen LogP) is 4.61. The lowest BCUT2D eigenvalue weighted by Gasteiger charge is -2.20. The Hall–Kier alpha value is -1.42. The van der Waals surface area contributed by atoms with E-state index in [4.69, 9.17) is 0 Å². The molecule has 2 aromatic rings. The van der Waals surface area contributed by atoms with Gasteiger partial charge in [0.15, 0.2) is 0 Å². The largest absolute Gasteiger partial charge is 0.362 e. The number of hydrogen-bond acceptors (Lipinski definition) is 4. The first kappa shape index (κ1) is 13.6. The summed E-state index contributed by atoms with van der Waals surface area (Å²) in [5, 5.41) is 5.73. The van der Waals surface area contributed by atoms with Gasteiger partial charge >= 0.3 is 0 Å². The fraction of sp³-hybridized carbons (Fsp3) is 0.500. The second-order valence-electron chi connectivity index (χ2n) is 5.92. The van der Waals surface area contributed by atoms with Crippen LogP contribution in [0.25, 0.3) is 0 Å². The van der Waals surface area contributed by atoms with Crippen LogP contribution in [0.2, 0.25) is 0 Å². The van der Waals surface area contributed by atoms with Gasteiger partial charge in [0.2, 0.25) is 0 Å². The highest BCUT2D eigenvalue weighted by Crippen LogP contribution is 2.38. The molecule has 4 heteroatoms. The zero-order valence-corrected chi connectivity index (χ0v) is 12.9. The lowest BCUT2D eigenvalue weighted by molar-refractivity contribution is 0.534. The smallest absolute Gasteiger partial charge is 0.133 e.